The molecule has 2 nitrogen and oxygen atoms in total. The van der Waals surface area contributed by atoms with Crippen LogP contribution in [0.15, 0.2) is 34.9 Å². The molecule has 2 rings (SSSR count). The van der Waals surface area contributed by atoms with Crippen LogP contribution in [0, 0.1) is 5.92 Å². The van der Waals surface area contributed by atoms with Gasteiger partial charge in [0.05, 0.1) is 12.4 Å². The third-order valence-electron chi connectivity index (χ3n) is 3.01. The minimum atomic E-state index is -0.432. The van der Waals surface area contributed by atoms with Gasteiger partial charge < -0.3 is 9.52 Å². The second-order valence-electron chi connectivity index (χ2n) is 4.02. The summed E-state index contributed by atoms with van der Waals surface area (Å²) in [7, 11) is 0. The molecule has 0 spiro atoms. The molecule has 0 aliphatic carbocycles. The van der Waals surface area contributed by atoms with Crippen molar-refractivity contribution >= 4 is 11.0 Å². The van der Waals surface area contributed by atoms with E-state index in [9.17, 15) is 5.11 Å². The zero-order chi connectivity index (χ0) is 10.8. The van der Waals surface area contributed by atoms with Gasteiger partial charge in [-0.05, 0) is 12.0 Å². The fourth-order valence-corrected chi connectivity index (χ4v) is 1.76. The predicted molar refractivity (Wildman–Crippen MR) is 60.6 cm³/mol. The van der Waals surface area contributed by atoms with Crippen molar-refractivity contribution in [3.63, 3.8) is 0 Å². The fourth-order valence-electron chi connectivity index (χ4n) is 1.76. The highest BCUT2D eigenvalue weighted by Gasteiger charge is 2.18. The molecule has 2 heteroatoms. The number of para-hydroxylation sites is 1. The molecule has 0 fully saturated rings. The lowest BCUT2D eigenvalue weighted by atomic mass is 9.95. The van der Waals surface area contributed by atoms with Crippen LogP contribution in [0.1, 0.15) is 31.9 Å². The van der Waals surface area contributed by atoms with Crippen LogP contribution in [0.2, 0.25) is 0 Å². The number of rotatable bonds is 3. The number of furan rings is 1. The minimum absolute atomic E-state index is 0.256. The van der Waals surface area contributed by atoms with Gasteiger partial charge in [0.15, 0.2) is 0 Å². The Morgan fingerprint density at radius 1 is 1.33 bits per heavy atom. The van der Waals surface area contributed by atoms with Gasteiger partial charge in [-0.15, -0.1) is 0 Å². The Hall–Kier alpha value is -1.28. The first-order valence-corrected chi connectivity index (χ1v) is 5.38. The topological polar surface area (TPSA) is 33.4 Å². The van der Waals surface area contributed by atoms with E-state index in [4.69, 9.17) is 4.42 Å². The standard InChI is InChI=1S/C13H16O2/c1-3-9(2)13(14)11-8-15-12-7-5-4-6-10(11)12/h4-9,13-14H,3H2,1-2H3. The van der Waals surface area contributed by atoms with Gasteiger partial charge in [-0.25, -0.2) is 0 Å². The van der Waals surface area contributed by atoms with Gasteiger partial charge in [0, 0.05) is 10.9 Å². The highest BCUT2D eigenvalue weighted by Crippen LogP contribution is 2.31. The molecule has 0 bridgehead atoms. The Morgan fingerprint density at radius 2 is 2.07 bits per heavy atom. The number of benzene rings is 1. The van der Waals surface area contributed by atoms with E-state index < -0.39 is 6.10 Å². The van der Waals surface area contributed by atoms with Crippen molar-refractivity contribution in [1.82, 2.24) is 0 Å². The first-order valence-electron chi connectivity index (χ1n) is 5.38. The third kappa shape index (κ3) is 1.77. The maximum Gasteiger partial charge on any atom is 0.134 e. The van der Waals surface area contributed by atoms with Crippen LogP contribution in [0.5, 0.6) is 0 Å². The fraction of sp³-hybridized carbons (Fsp3) is 0.385. The van der Waals surface area contributed by atoms with Gasteiger partial charge in [0.1, 0.15) is 5.58 Å². The molecule has 1 aromatic carbocycles. The Bertz CT molecular complexity index is 444. The molecule has 0 saturated carbocycles. The van der Waals surface area contributed by atoms with E-state index in [0.717, 1.165) is 23.0 Å². The molecule has 2 atom stereocenters. The Kier molecular flexibility index (Phi) is 2.78. The summed E-state index contributed by atoms with van der Waals surface area (Å²) in [6.07, 6.45) is 2.20. The molecule has 80 valence electrons. The van der Waals surface area contributed by atoms with E-state index in [1.54, 1.807) is 6.26 Å². The van der Waals surface area contributed by atoms with Crippen molar-refractivity contribution in [2.45, 2.75) is 26.4 Å². The molecule has 1 heterocycles. The molecule has 0 saturated heterocycles. The van der Waals surface area contributed by atoms with Crippen molar-refractivity contribution in [3.05, 3.63) is 36.1 Å². The zero-order valence-electron chi connectivity index (χ0n) is 9.10. The summed E-state index contributed by atoms with van der Waals surface area (Å²) in [5.74, 6) is 0.256. The van der Waals surface area contributed by atoms with Crippen LogP contribution in [0.25, 0.3) is 11.0 Å². The predicted octanol–water partition coefficient (Wildman–Crippen LogP) is 3.51. The number of fused-ring (bicyclic) bond motifs is 1. The SMILES string of the molecule is CCC(C)C(O)c1coc2ccccc12. The maximum atomic E-state index is 10.1. The summed E-state index contributed by atoms with van der Waals surface area (Å²) >= 11 is 0. The average molecular weight is 204 g/mol. The third-order valence-corrected chi connectivity index (χ3v) is 3.01. The van der Waals surface area contributed by atoms with Gasteiger partial charge in [0.2, 0.25) is 0 Å². The monoisotopic (exact) mass is 204 g/mol. The van der Waals surface area contributed by atoms with Crippen molar-refractivity contribution in [1.29, 1.82) is 0 Å². The molecule has 1 aromatic heterocycles. The van der Waals surface area contributed by atoms with Gasteiger partial charge in [-0.2, -0.15) is 0 Å². The van der Waals surface area contributed by atoms with E-state index in [1.807, 2.05) is 31.2 Å². The van der Waals surface area contributed by atoms with E-state index in [2.05, 4.69) is 6.92 Å². The lowest BCUT2D eigenvalue weighted by Gasteiger charge is -2.15. The van der Waals surface area contributed by atoms with Crippen LogP contribution >= 0.6 is 0 Å². The normalized spacial score (nSPS) is 15.4. The van der Waals surface area contributed by atoms with Gasteiger partial charge in [-0.3, -0.25) is 0 Å². The van der Waals surface area contributed by atoms with Crippen LogP contribution in [-0.2, 0) is 0 Å². The smallest absolute Gasteiger partial charge is 0.134 e. The summed E-state index contributed by atoms with van der Waals surface area (Å²) in [6, 6.07) is 7.80. The Morgan fingerprint density at radius 3 is 2.80 bits per heavy atom. The van der Waals surface area contributed by atoms with E-state index in [-0.39, 0.29) is 5.92 Å². The van der Waals surface area contributed by atoms with Crippen molar-refractivity contribution in [3.8, 4) is 0 Å². The molecule has 2 unspecified atom stereocenters. The first kappa shape index (κ1) is 10.2. The van der Waals surface area contributed by atoms with Crippen molar-refractivity contribution < 1.29 is 9.52 Å². The largest absolute Gasteiger partial charge is 0.464 e. The average Bonchev–Trinajstić information content (AvgIpc) is 2.70. The molecular formula is C13H16O2. The second-order valence-corrected chi connectivity index (χ2v) is 4.02. The Labute approximate surface area is 89.5 Å². The number of aliphatic hydroxyl groups is 1. The number of aliphatic hydroxyl groups excluding tert-OH is 1. The summed E-state index contributed by atoms with van der Waals surface area (Å²) in [4.78, 5) is 0. The summed E-state index contributed by atoms with van der Waals surface area (Å²) < 4.78 is 5.40. The first-order chi connectivity index (χ1) is 7.24. The maximum absolute atomic E-state index is 10.1. The zero-order valence-corrected chi connectivity index (χ0v) is 9.10. The quantitative estimate of drug-likeness (QED) is 0.829. The second kappa shape index (κ2) is 4.07. The minimum Gasteiger partial charge on any atom is -0.464 e. The highest BCUT2D eigenvalue weighted by molar-refractivity contribution is 5.81. The lowest BCUT2D eigenvalue weighted by molar-refractivity contribution is 0.116. The van der Waals surface area contributed by atoms with Crippen LogP contribution in [0.4, 0.5) is 0 Å². The lowest BCUT2D eigenvalue weighted by Crippen LogP contribution is -2.07. The van der Waals surface area contributed by atoms with E-state index in [1.165, 1.54) is 0 Å². The van der Waals surface area contributed by atoms with Crippen LogP contribution < -0.4 is 0 Å². The molecule has 0 amide bonds. The number of hydrogen-bond acceptors (Lipinski definition) is 2. The molecule has 2 aromatic rings. The molecule has 0 aliphatic heterocycles. The molecule has 1 N–H and O–H groups in total. The molecule has 15 heavy (non-hydrogen) atoms. The molecule has 0 radical (unpaired) electrons. The van der Waals surface area contributed by atoms with Gasteiger partial charge in [0.25, 0.3) is 0 Å². The van der Waals surface area contributed by atoms with Crippen LogP contribution in [0.3, 0.4) is 0 Å². The molecular weight excluding hydrogens is 188 g/mol. The Balaban J connectivity index is 2.43. The summed E-state index contributed by atoms with van der Waals surface area (Å²) in [5.41, 5.74) is 1.75. The van der Waals surface area contributed by atoms with E-state index >= 15 is 0 Å². The van der Waals surface area contributed by atoms with Crippen molar-refractivity contribution in [2.24, 2.45) is 5.92 Å². The summed E-state index contributed by atoms with van der Waals surface area (Å²) in [6.45, 7) is 4.13. The highest BCUT2D eigenvalue weighted by atomic mass is 16.3. The van der Waals surface area contributed by atoms with E-state index in [0.29, 0.717) is 0 Å². The van der Waals surface area contributed by atoms with Crippen molar-refractivity contribution in [2.75, 3.05) is 0 Å². The molecule has 0 aliphatic rings. The van der Waals surface area contributed by atoms with Gasteiger partial charge >= 0.3 is 0 Å². The summed E-state index contributed by atoms with van der Waals surface area (Å²) in [5, 5.41) is 11.1. The number of hydrogen-bond donors (Lipinski definition) is 1. The van der Waals surface area contributed by atoms with Crippen LogP contribution in [-0.4, -0.2) is 5.11 Å². The van der Waals surface area contributed by atoms with Gasteiger partial charge in [-0.1, -0.05) is 38.5 Å².